The second kappa shape index (κ2) is 6.01. The Bertz CT molecular complexity index is 530. The molecule has 0 aromatic heterocycles. The van der Waals surface area contributed by atoms with Gasteiger partial charge in [0.15, 0.2) is 0 Å². The molecule has 1 saturated heterocycles. The molecule has 21 heavy (non-hydrogen) atoms. The number of nitrogens with zero attached hydrogens (tertiary/aromatic N) is 1. The van der Waals surface area contributed by atoms with E-state index in [1.54, 1.807) is 0 Å². The molecule has 0 radical (unpaired) electrons. The van der Waals surface area contributed by atoms with E-state index in [4.69, 9.17) is 4.74 Å². The van der Waals surface area contributed by atoms with Gasteiger partial charge in [-0.1, -0.05) is 0 Å². The van der Waals surface area contributed by atoms with Crippen LogP contribution in [0.2, 0.25) is 0 Å². The summed E-state index contributed by atoms with van der Waals surface area (Å²) in [6, 6.07) is 1.88. The Morgan fingerprint density at radius 3 is 2.76 bits per heavy atom. The summed E-state index contributed by atoms with van der Waals surface area (Å²) in [4.78, 5) is 13.5. The van der Waals surface area contributed by atoms with Gasteiger partial charge in [-0.05, 0) is 24.6 Å². The number of carbonyl (C=O) groups excluding carboxylic acids is 1. The van der Waals surface area contributed by atoms with Crippen LogP contribution in [0.3, 0.4) is 0 Å². The second-order valence-electron chi connectivity index (χ2n) is 5.05. The average molecular weight is 305 g/mol. The van der Waals surface area contributed by atoms with Gasteiger partial charge in [-0.2, -0.15) is 13.2 Å². The first-order valence-corrected chi connectivity index (χ1v) is 6.48. The fraction of sp³-hybridized carbons (Fsp3) is 0.500. The molecule has 1 aliphatic rings. The lowest BCUT2D eigenvalue weighted by Gasteiger charge is -2.18. The highest BCUT2D eigenvalue weighted by Gasteiger charge is 2.33. The van der Waals surface area contributed by atoms with Crippen LogP contribution in [0.25, 0.3) is 0 Å². The van der Waals surface area contributed by atoms with Crippen molar-refractivity contribution in [2.24, 2.45) is 5.92 Å². The van der Waals surface area contributed by atoms with Crippen molar-refractivity contribution in [3.8, 4) is 0 Å². The summed E-state index contributed by atoms with van der Waals surface area (Å²) in [5.74, 6) is -1.52. The van der Waals surface area contributed by atoms with Gasteiger partial charge in [-0.25, -0.2) is 4.39 Å². The number of carbonyl (C=O) groups is 1. The predicted octanol–water partition coefficient (Wildman–Crippen LogP) is 2.95. The summed E-state index contributed by atoms with van der Waals surface area (Å²) in [7, 11) is 1.54. The summed E-state index contributed by atoms with van der Waals surface area (Å²) >= 11 is 0. The average Bonchev–Trinajstić information content (AvgIpc) is 2.86. The highest BCUT2D eigenvalue weighted by molar-refractivity contribution is 5.94. The van der Waals surface area contributed by atoms with E-state index in [0.717, 1.165) is 0 Å². The smallest absolute Gasteiger partial charge is 0.384 e. The molecule has 0 spiro atoms. The highest BCUT2D eigenvalue weighted by atomic mass is 19.4. The molecule has 7 heteroatoms. The van der Waals surface area contributed by atoms with Gasteiger partial charge in [-0.15, -0.1) is 0 Å². The summed E-state index contributed by atoms with van der Waals surface area (Å²) in [6.07, 6.45) is -3.91. The molecule has 1 fully saturated rings. The molecule has 3 nitrogen and oxygen atoms in total. The molecule has 116 valence electrons. The predicted molar refractivity (Wildman–Crippen MR) is 67.3 cm³/mol. The Kier molecular flexibility index (Phi) is 4.51. The van der Waals surface area contributed by atoms with E-state index in [1.807, 2.05) is 0 Å². The molecule has 0 N–H and O–H groups in total. The second-order valence-corrected chi connectivity index (χ2v) is 5.05. The Morgan fingerprint density at radius 2 is 2.14 bits per heavy atom. The Labute approximate surface area is 119 Å². The summed E-state index contributed by atoms with van der Waals surface area (Å²) < 4.78 is 56.6. The molecule has 0 bridgehead atoms. The molecule has 1 heterocycles. The summed E-state index contributed by atoms with van der Waals surface area (Å²) in [5, 5.41) is 0. The van der Waals surface area contributed by atoms with E-state index < -0.39 is 29.0 Å². The van der Waals surface area contributed by atoms with Crippen LogP contribution >= 0.6 is 0 Å². The number of rotatable bonds is 3. The maximum Gasteiger partial charge on any atom is 0.416 e. The number of amides is 1. The molecule has 1 aromatic rings. The first kappa shape index (κ1) is 15.8. The molecular weight excluding hydrogens is 290 g/mol. The van der Waals surface area contributed by atoms with E-state index in [1.165, 1.54) is 12.0 Å². The number of likely N-dealkylation sites (tertiary alicyclic amines) is 1. The molecule has 0 saturated carbocycles. The number of alkyl halides is 3. The number of hydrogen-bond acceptors (Lipinski definition) is 2. The number of methoxy groups -OCH3 is 1. The van der Waals surface area contributed by atoms with Crippen LogP contribution in [0.1, 0.15) is 22.3 Å². The SMILES string of the molecule is COCC1CCN(C(=O)c2cc(C(F)(F)F)ccc2F)C1. The minimum Gasteiger partial charge on any atom is -0.384 e. The van der Waals surface area contributed by atoms with Gasteiger partial charge in [0, 0.05) is 26.1 Å². The molecule has 1 amide bonds. The van der Waals surface area contributed by atoms with Gasteiger partial charge in [0.25, 0.3) is 5.91 Å². The molecular formula is C14H15F4NO2. The maximum absolute atomic E-state index is 13.7. The van der Waals surface area contributed by atoms with E-state index in [-0.39, 0.29) is 5.92 Å². The first-order valence-electron chi connectivity index (χ1n) is 6.48. The van der Waals surface area contributed by atoms with Gasteiger partial charge >= 0.3 is 6.18 Å². The number of ether oxygens (including phenoxy) is 1. The summed E-state index contributed by atoms with van der Waals surface area (Å²) in [5.41, 5.74) is -1.57. The van der Waals surface area contributed by atoms with Gasteiger partial charge in [-0.3, -0.25) is 4.79 Å². The lowest BCUT2D eigenvalue weighted by molar-refractivity contribution is -0.137. The lowest BCUT2D eigenvalue weighted by atomic mass is 10.1. The third-order valence-corrected chi connectivity index (χ3v) is 3.50. The van der Waals surface area contributed by atoms with Gasteiger partial charge in [0.05, 0.1) is 17.7 Å². The molecule has 1 aliphatic heterocycles. The van der Waals surface area contributed by atoms with Crippen molar-refractivity contribution in [2.75, 3.05) is 26.8 Å². The minimum absolute atomic E-state index is 0.132. The monoisotopic (exact) mass is 305 g/mol. The van der Waals surface area contributed by atoms with Crippen molar-refractivity contribution in [3.63, 3.8) is 0 Å². The van der Waals surface area contributed by atoms with Crippen LogP contribution < -0.4 is 0 Å². The third kappa shape index (κ3) is 3.53. The van der Waals surface area contributed by atoms with Crippen LogP contribution in [0, 0.1) is 11.7 Å². The molecule has 0 aliphatic carbocycles. The molecule has 1 atom stereocenters. The number of halogens is 4. The fourth-order valence-electron chi connectivity index (χ4n) is 2.42. The zero-order chi connectivity index (χ0) is 15.6. The highest BCUT2D eigenvalue weighted by Crippen LogP contribution is 2.31. The van der Waals surface area contributed by atoms with E-state index in [2.05, 4.69) is 0 Å². The maximum atomic E-state index is 13.7. The van der Waals surface area contributed by atoms with Gasteiger partial charge < -0.3 is 9.64 Å². The Hall–Kier alpha value is -1.63. The molecule has 2 rings (SSSR count). The lowest BCUT2D eigenvalue weighted by Crippen LogP contribution is -2.30. The zero-order valence-electron chi connectivity index (χ0n) is 11.4. The summed E-state index contributed by atoms with van der Waals surface area (Å²) in [6.45, 7) is 1.22. The van der Waals surface area contributed by atoms with Crippen molar-refractivity contribution in [3.05, 3.63) is 35.1 Å². The van der Waals surface area contributed by atoms with Crippen molar-refractivity contribution in [2.45, 2.75) is 12.6 Å². The van der Waals surface area contributed by atoms with E-state index in [0.29, 0.717) is 44.3 Å². The van der Waals surface area contributed by atoms with Crippen LogP contribution in [0.15, 0.2) is 18.2 Å². The van der Waals surface area contributed by atoms with Crippen molar-refractivity contribution in [1.29, 1.82) is 0 Å². The number of hydrogen-bond donors (Lipinski definition) is 0. The van der Waals surface area contributed by atoms with E-state index >= 15 is 0 Å². The number of benzene rings is 1. The van der Waals surface area contributed by atoms with Gasteiger partial charge in [0.2, 0.25) is 0 Å². The fourth-order valence-corrected chi connectivity index (χ4v) is 2.42. The first-order chi connectivity index (χ1) is 9.82. The quantitative estimate of drug-likeness (QED) is 0.804. The van der Waals surface area contributed by atoms with Gasteiger partial charge in [0.1, 0.15) is 5.82 Å². The van der Waals surface area contributed by atoms with Crippen molar-refractivity contribution < 1.29 is 27.1 Å². The van der Waals surface area contributed by atoms with Crippen LogP contribution in [-0.2, 0) is 10.9 Å². The van der Waals surface area contributed by atoms with Crippen LogP contribution in [0.5, 0.6) is 0 Å². The third-order valence-electron chi connectivity index (χ3n) is 3.50. The molecule has 1 unspecified atom stereocenters. The standard InChI is InChI=1S/C14H15F4NO2/c1-21-8-9-4-5-19(7-9)13(20)11-6-10(14(16,17)18)2-3-12(11)15/h2-3,6,9H,4-5,7-8H2,1H3. The minimum atomic E-state index is -4.60. The zero-order valence-corrected chi connectivity index (χ0v) is 11.4. The van der Waals surface area contributed by atoms with Crippen molar-refractivity contribution >= 4 is 5.91 Å². The Morgan fingerprint density at radius 1 is 1.43 bits per heavy atom. The van der Waals surface area contributed by atoms with E-state index in [9.17, 15) is 22.4 Å². The van der Waals surface area contributed by atoms with Crippen LogP contribution in [0.4, 0.5) is 17.6 Å². The molecule has 1 aromatic carbocycles. The Balaban J connectivity index is 2.20. The van der Waals surface area contributed by atoms with Crippen molar-refractivity contribution in [1.82, 2.24) is 4.90 Å². The van der Waals surface area contributed by atoms with Crippen LogP contribution in [-0.4, -0.2) is 37.6 Å². The topological polar surface area (TPSA) is 29.5 Å². The largest absolute Gasteiger partial charge is 0.416 e. The normalized spacial score (nSPS) is 19.1.